The highest BCUT2D eigenvalue weighted by Gasteiger charge is 2.28. The fourth-order valence-electron chi connectivity index (χ4n) is 2.91. The van der Waals surface area contributed by atoms with Crippen molar-refractivity contribution in [2.75, 3.05) is 13.2 Å². The summed E-state index contributed by atoms with van der Waals surface area (Å²) >= 11 is 0. The van der Waals surface area contributed by atoms with Gasteiger partial charge in [0.2, 0.25) is 23.6 Å². The third kappa shape index (κ3) is 13.0. The van der Waals surface area contributed by atoms with Gasteiger partial charge >= 0.3 is 0 Å². The summed E-state index contributed by atoms with van der Waals surface area (Å²) in [6, 6.07) is -1.68. The number of aliphatic hydroxyl groups is 2. The first-order chi connectivity index (χ1) is 14.4. The van der Waals surface area contributed by atoms with Crippen LogP contribution in [0.2, 0.25) is 0 Å². The molecular formula is C21H40N4O6. The van der Waals surface area contributed by atoms with E-state index in [1.165, 1.54) is 0 Å². The van der Waals surface area contributed by atoms with E-state index in [0.29, 0.717) is 13.0 Å². The molecule has 0 saturated carbocycles. The van der Waals surface area contributed by atoms with Crippen molar-refractivity contribution in [2.24, 2.45) is 23.5 Å². The Labute approximate surface area is 184 Å². The maximum atomic E-state index is 12.5. The Morgan fingerprint density at radius 1 is 0.871 bits per heavy atom. The van der Waals surface area contributed by atoms with Crippen LogP contribution in [-0.2, 0) is 19.2 Å². The van der Waals surface area contributed by atoms with E-state index in [9.17, 15) is 29.4 Å². The molecule has 0 bridgehead atoms. The van der Waals surface area contributed by atoms with Gasteiger partial charge in [-0.15, -0.1) is 0 Å². The first-order valence-electron chi connectivity index (χ1n) is 10.8. The maximum Gasteiger partial charge on any atom is 0.244 e. The SMILES string of the molecule is CC(C)CNC(=O)C(CO)NC(=O)C(C)CC(O)C(CC(C)C)NC(=O)CCC(N)=O. The molecular weight excluding hydrogens is 404 g/mol. The molecule has 0 aromatic heterocycles. The van der Waals surface area contributed by atoms with E-state index >= 15 is 0 Å². The van der Waals surface area contributed by atoms with Crippen molar-refractivity contribution in [3.63, 3.8) is 0 Å². The predicted molar refractivity (Wildman–Crippen MR) is 116 cm³/mol. The summed E-state index contributed by atoms with van der Waals surface area (Å²) in [5, 5.41) is 27.9. The molecule has 0 rings (SSSR count). The minimum absolute atomic E-state index is 0.0467. The highest BCUT2D eigenvalue weighted by atomic mass is 16.3. The first-order valence-corrected chi connectivity index (χ1v) is 10.8. The van der Waals surface area contributed by atoms with Crippen molar-refractivity contribution in [3.8, 4) is 0 Å². The molecule has 0 spiro atoms. The Morgan fingerprint density at radius 3 is 1.97 bits per heavy atom. The normalized spacial score (nSPS) is 15.1. The molecule has 7 N–H and O–H groups in total. The highest BCUT2D eigenvalue weighted by molar-refractivity contribution is 5.88. The number of rotatable bonds is 15. The number of aliphatic hydroxyl groups excluding tert-OH is 2. The lowest BCUT2D eigenvalue weighted by molar-refractivity contribution is -0.132. The van der Waals surface area contributed by atoms with Gasteiger partial charge in [-0.2, -0.15) is 0 Å². The molecule has 0 aromatic carbocycles. The van der Waals surface area contributed by atoms with E-state index in [1.807, 2.05) is 27.7 Å². The van der Waals surface area contributed by atoms with E-state index in [-0.39, 0.29) is 31.1 Å². The van der Waals surface area contributed by atoms with Gasteiger partial charge in [0, 0.05) is 25.3 Å². The van der Waals surface area contributed by atoms with Gasteiger partial charge in [-0.1, -0.05) is 34.6 Å². The van der Waals surface area contributed by atoms with Crippen LogP contribution in [0.25, 0.3) is 0 Å². The monoisotopic (exact) mass is 444 g/mol. The Morgan fingerprint density at radius 2 is 1.48 bits per heavy atom. The standard InChI is InChI=1S/C21H40N4O6/c1-12(2)8-15(24-19(29)7-6-18(22)28)17(27)9-14(5)20(30)25-16(11-26)21(31)23-10-13(3)4/h12-17,26-27H,6-11H2,1-5H3,(H2,22,28)(H,23,31)(H,24,29)(H,25,30). The van der Waals surface area contributed by atoms with Gasteiger partial charge in [0.05, 0.1) is 18.8 Å². The second kappa shape index (κ2) is 14.7. The van der Waals surface area contributed by atoms with Crippen molar-refractivity contribution in [2.45, 2.75) is 78.5 Å². The van der Waals surface area contributed by atoms with E-state index in [0.717, 1.165) is 0 Å². The maximum absolute atomic E-state index is 12.5. The molecule has 4 amide bonds. The zero-order valence-electron chi connectivity index (χ0n) is 19.3. The van der Waals surface area contributed by atoms with Crippen LogP contribution >= 0.6 is 0 Å². The average Bonchev–Trinajstić information content (AvgIpc) is 2.67. The van der Waals surface area contributed by atoms with Gasteiger partial charge in [0.1, 0.15) is 6.04 Å². The lowest BCUT2D eigenvalue weighted by Crippen LogP contribution is -2.51. The topological polar surface area (TPSA) is 171 Å². The average molecular weight is 445 g/mol. The van der Waals surface area contributed by atoms with Gasteiger partial charge in [0.15, 0.2) is 0 Å². The fraction of sp³-hybridized carbons (Fsp3) is 0.810. The van der Waals surface area contributed by atoms with Gasteiger partial charge < -0.3 is 31.9 Å². The van der Waals surface area contributed by atoms with Gasteiger partial charge in [-0.05, 0) is 24.7 Å². The molecule has 0 heterocycles. The predicted octanol–water partition coefficient (Wildman–Crippen LogP) is -0.581. The Bertz CT molecular complexity index is 596. The number of primary amides is 1. The summed E-state index contributed by atoms with van der Waals surface area (Å²) < 4.78 is 0. The molecule has 0 saturated heterocycles. The minimum Gasteiger partial charge on any atom is -0.394 e. The summed E-state index contributed by atoms with van der Waals surface area (Å²) in [6.07, 6.45) is -0.643. The minimum atomic E-state index is -1.08. The number of nitrogens with one attached hydrogen (secondary N) is 3. The van der Waals surface area contributed by atoms with Crippen LogP contribution in [0.5, 0.6) is 0 Å². The molecule has 4 atom stereocenters. The van der Waals surface area contributed by atoms with Gasteiger partial charge in [-0.3, -0.25) is 19.2 Å². The highest BCUT2D eigenvalue weighted by Crippen LogP contribution is 2.16. The van der Waals surface area contributed by atoms with Crippen LogP contribution in [0.4, 0.5) is 0 Å². The third-order valence-corrected chi connectivity index (χ3v) is 4.68. The summed E-state index contributed by atoms with van der Waals surface area (Å²) in [5.41, 5.74) is 5.06. The molecule has 31 heavy (non-hydrogen) atoms. The van der Waals surface area contributed by atoms with Crippen molar-refractivity contribution in [1.29, 1.82) is 0 Å². The zero-order chi connectivity index (χ0) is 24.1. The summed E-state index contributed by atoms with van der Waals surface area (Å²) in [6.45, 7) is 9.20. The van der Waals surface area contributed by atoms with Gasteiger partial charge in [0.25, 0.3) is 0 Å². The van der Waals surface area contributed by atoms with Crippen LogP contribution in [0.1, 0.15) is 60.3 Å². The second-order valence-electron chi connectivity index (χ2n) is 8.86. The summed E-state index contributed by atoms with van der Waals surface area (Å²) in [7, 11) is 0. The van der Waals surface area contributed by atoms with Crippen LogP contribution in [-0.4, -0.2) is 65.2 Å². The quantitative estimate of drug-likeness (QED) is 0.197. The fourth-order valence-corrected chi connectivity index (χ4v) is 2.91. The number of carbonyl (C=O) groups excluding carboxylic acids is 4. The number of nitrogens with two attached hydrogens (primary N) is 1. The van der Waals surface area contributed by atoms with Crippen LogP contribution in [0.15, 0.2) is 0 Å². The largest absolute Gasteiger partial charge is 0.394 e. The lowest BCUT2D eigenvalue weighted by atomic mass is 9.92. The molecule has 0 aromatic rings. The second-order valence-corrected chi connectivity index (χ2v) is 8.86. The molecule has 0 radical (unpaired) electrons. The smallest absolute Gasteiger partial charge is 0.244 e. The number of hydrogen-bond donors (Lipinski definition) is 6. The molecule has 10 nitrogen and oxygen atoms in total. The van der Waals surface area contributed by atoms with Crippen molar-refractivity contribution < 1.29 is 29.4 Å². The molecule has 0 fully saturated rings. The Hall–Kier alpha value is -2.20. The molecule has 180 valence electrons. The van der Waals surface area contributed by atoms with Crippen molar-refractivity contribution in [1.82, 2.24) is 16.0 Å². The van der Waals surface area contributed by atoms with Crippen LogP contribution < -0.4 is 21.7 Å². The zero-order valence-corrected chi connectivity index (χ0v) is 19.3. The summed E-state index contributed by atoms with van der Waals surface area (Å²) in [4.78, 5) is 47.5. The molecule has 0 aliphatic carbocycles. The molecule has 0 aliphatic heterocycles. The van der Waals surface area contributed by atoms with E-state index in [4.69, 9.17) is 5.73 Å². The molecule has 0 aliphatic rings. The number of carbonyl (C=O) groups is 4. The molecule has 4 unspecified atom stereocenters. The van der Waals surface area contributed by atoms with Crippen molar-refractivity contribution in [3.05, 3.63) is 0 Å². The van der Waals surface area contributed by atoms with Crippen LogP contribution in [0, 0.1) is 17.8 Å². The number of hydrogen-bond acceptors (Lipinski definition) is 6. The third-order valence-electron chi connectivity index (χ3n) is 4.68. The summed E-state index contributed by atoms with van der Waals surface area (Å²) in [5.74, 6) is -2.22. The Kier molecular flexibility index (Phi) is 13.7. The number of amides is 4. The molecule has 10 heteroatoms. The van der Waals surface area contributed by atoms with Crippen molar-refractivity contribution >= 4 is 23.6 Å². The van der Waals surface area contributed by atoms with E-state index in [1.54, 1.807) is 6.92 Å². The van der Waals surface area contributed by atoms with Gasteiger partial charge in [-0.25, -0.2) is 0 Å². The first kappa shape index (κ1) is 28.8. The Balaban J connectivity index is 4.89. The van der Waals surface area contributed by atoms with Crippen LogP contribution in [0.3, 0.4) is 0 Å². The van der Waals surface area contributed by atoms with E-state index < -0.39 is 54.3 Å². The van der Waals surface area contributed by atoms with E-state index in [2.05, 4.69) is 16.0 Å². The lowest BCUT2D eigenvalue weighted by Gasteiger charge is -2.28.